The fourth-order valence-electron chi connectivity index (χ4n) is 3.20. The number of phenolic OH excluding ortho intramolecular Hbond substituents is 1. The Kier molecular flexibility index (Phi) is 4.57. The SMILES string of the molecule is CCCN1CCC2=NNC(c3cc(Br)c(O)c(Br)c3)C2C1. The van der Waals surface area contributed by atoms with Crippen LogP contribution in [0.4, 0.5) is 0 Å². The molecule has 0 bridgehead atoms. The predicted octanol–water partition coefficient (Wildman–Crippen LogP) is 3.65. The van der Waals surface area contributed by atoms with Crippen LogP contribution in [-0.2, 0) is 0 Å². The third kappa shape index (κ3) is 2.98. The maximum Gasteiger partial charge on any atom is 0.143 e. The van der Waals surface area contributed by atoms with Gasteiger partial charge in [-0.1, -0.05) is 6.92 Å². The minimum Gasteiger partial charge on any atom is -0.506 e. The monoisotopic (exact) mass is 415 g/mol. The van der Waals surface area contributed by atoms with Gasteiger partial charge in [-0.2, -0.15) is 5.10 Å². The van der Waals surface area contributed by atoms with E-state index in [0.717, 1.165) is 31.6 Å². The van der Waals surface area contributed by atoms with Crippen molar-refractivity contribution in [3.8, 4) is 5.75 Å². The van der Waals surface area contributed by atoms with Gasteiger partial charge in [-0.25, -0.2) is 0 Å². The summed E-state index contributed by atoms with van der Waals surface area (Å²) in [6.07, 6.45) is 2.24. The van der Waals surface area contributed by atoms with Gasteiger partial charge in [-0.3, -0.25) is 0 Å². The molecular formula is C15H19Br2N3O. The standard InChI is InChI=1S/C15H19Br2N3O/c1-2-4-20-5-3-13-10(8-20)14(19-18-13)9-6-11(16)15(21)12(17)7-9/h6-7,10,14,19,21H,2-5,8H2,1H3. The number of likely N-dealkylation sites (tertiary alicyclic amines) is 1. The number of piperidine rings is 1. The zero-order valence-corrected chi connectivity index (χ0v) is 15.1. The van der Waals surface area contributed by atoms with Gasteiger partial charge in [-0.15, -0.1) is 0 Å². The van der Waals surface area contributed by atoms with Gasteiger partial charge in [-0.05, 0) is 62.5 Å². The van der Waals surface area contributed by atoms with E-state index in [0.29, 0.717) is 14.9 Å². The number of nitrogens with one attached hydrogen (secondary N) is 1. The average molecular weight is 417 g/mol. The molecule has 114 valence electrons. The number of nitrogens with zero attached hydrogens (tertiary/aromatic N) is 2. The van der Waals surface area contributed by atoms with Crippen molar-refractivity contribution < 1.29 is 5.11 Å². The van der Waals surface area contributed by atoms with Crippen LogP contribution in [0.2, 0.25) is 0 Å². The Balaban J connectivity index is 1.84. The quantitative estimate of drug-likeness (QED) is 0.790. The predicted molar refractivity (Wildman–Crippen MR) is 91.7 cm³/mol. The second-order valence-electron chi connectivity index (χ2n) is 5.70. The van der Waals surface area contributed by atoms with Crippen LogP contribution in [0.15, 0.2) is 26.2 Å². The largest absolute Gasteiger partial charge is 0.506 e. The zero-order valence-electron chi connectivity index (χ0n) is 11.9. The Morgan fingerprint density at radius 1 is 1.38 bits per heavy atom. The molecule has 0 saturated carbocycles. The minimum atomic E-state index is 0.188. The lowest BCUT2D eigenvalue weighted by Gasteiger charge is -2.33. The summed E-state index contributed by atoms with van der Waals surface area (Å²) in [5, 5.41) is 14.4. The van der Waals surface area contributed by atoms with Crippen LogP contribution in [0.1, 0.15) is 31.4 Å². The normalized spacial score (nSPS) is 25.4. The van der Waals surface area contributed by atoms with Gasteiger partial charge >= 0.3 is 0 Å². The lowest BCUT2D eigenvalue weighted by molar-refractivity contribution is 0.228. The third-order valence-electron chi connectivity index (χ3n) is 4.25. The molecule has 2 unspecified atom stereocenters. The summed E-state index contributed by atoms with van der Waals surface area (Å²) in [5.74, 6) is 0.669. The molecule has 0 radical (unpaired) electrons. The molecule has 2 aliphatic rings. The number of hydrogen-bond acceptors (Lipinski definition) is 4. The second-order valence-corrected chi connectivity index (χ2v) is 7.41. The Labute approximate surface area is 141 Å². The molecule has 1 aromatic carbocycles. The van der Waals surface area contributed by atoms with Crippen molar-refractivity contribution >= 4 is 37.6 Å². The summed E-state index contributed by atoms with van der Waals surface area (Å²) in [4.78, 5) is 2.52. The highest BCUT2D eigenvalue weighted by Crippen LogP contribution is 2.39. The molecule has 1 aromatic rings. The summed E-state index contributed by atoms with van der Waals surface area (Å²) in [7, 11) is 0. The molecule has 2 atom stereocenters. The van der Waals surface area contributed by atoms with Crippen molar-refractivity contribution in [2.24, 2.45) is 11.0 Å². The lowest BCUT2D eigenvalue weighted by Crippen LogP contribution is -2.42. The van der Waals surface area contributed by atoms with Gasteiger partial charge in [0.2, 0.25) is 0 Å². The first-order valence-electron chi connectivity index (χ1n) is 7.32. The highest BCUT2D eigenvalue weighted by molar-refractivity contribution is 9.11. The third-order valence-corrected chi connectivity index (χ3v) is 5.46. The Morgan fingerprint density at radius 2 is 2.10 bits per heavy atom. The van der Waals surface area contributed by atoms with Crippen LogP contribution >= 0.6 is 31.9 Å². The van der Waals surface area contributed by atoms with Gasteiger partial charge < -0.3 is 15.4 Å². The molecule has 4 nitrogen and oxygen atoms in total. The molecule has 0 aliphatic carbocycles. The van der Waals surface area contributed by atoms with Crippen molar-refractivity contribution in [1.82, 2.24) is 10.3 Å². The molecule has 3 rings (SSSR count). The van der Waals surface area contributed by atoms with Gasteiger partial charge in [0, 0.05) is 31.1 Å². The number of aromatic hydroxyl groups is 1. The Hall–Kier alpha value is -0.590. The van der Waals surface area contributed by atoms with Gasteiger partial charge in [0.15, 0.2) is 0 Å². The molecule has 21 heavy (non-hydrogen) atoms. The summed E-state index contributed by atoms with van der Waals surface area (Å²) in [6.45, 7) is 5.54. The van der Waals surface area contributed by atoms with Crippen molar-refractivity contribution in [1.29, 1.82) is 0 Å². The number of phenols is 1. The van der Waals surface area contributed by atoms with Crippen molar-refractivity contribution in [2.75, 3.05) is 19.6 Å². The van der Waals surface area contributed by atoms with Crippen LogP contribution in [0.25, 0.3) is 0 Å². The van der Waals surface area contributed by atoms with Crippen LogP contribution in [0.5, 0.6) is 5.75 Å². The summed E-state index contributed by atoms with van der Waals surface area (Å²) in [5.41, 5.74) is 5.72. The zero-order chi connectivity index (χ0) is 15.0. The maximum atomic E-state index is 9.87. The highest BCUT2D eigenvalue weighted by atomic mass is 79.9. The lowest BCUT2D eigenvalue weighted by atomic mass is 9.86. The van der Waals surface area contributed by atoms with Crippen molar-refractivity contribution in [3.05, 3.63) is 26.6 Å². The van der Waals surface area contributed by atoms with E-state index >= 15 is 0 Å². The van der Waals surface area contributed by atoms with Gasteiger partial charge in [0.25, 0.3) is 0 Å². The molecule has 2 N–H and O–H groups in total. The average Bonchev–Trinajstić information content (AvgIpc) is 2.88. The van der Waals surface area contributed by atoms with E-state index in [1.807, 2.05) is 12.1 Å². The first-order chi connectivity index (χ1) is 10.1. The van der Waals surface area contributed by atoms with Gasteiger partial charge in [0.05, 0.1) is 15.0 Å². The number of benzene rings is 1. The van der Waals surface area contributed by atoms with E-state index < -0.39 is 0 Å². The van der Waals surface area contributed by atoms with Crippen LogP contribution < -0.4 is 5.43 Å². The second kappa shape index (κ2) is 6.26. The fourth-order valence-corrected chi connectivity index (χ4v) is 4.42. The van der Waals surface area contributed by atoms with E-state index in [2.05, 4.69) is 54.2 Å². The van der Waals surface area contributed by atoms with Crippen LogP contribution in [0, 0.1) is 5.92 Å². The number of hydrazone groups is 1. The molecule has 1 saturated heterocycles. The van der Waals surface area contributed by atoms with Crippen molar-refractivity contribution in [2.45, 2.75) is 25.8 Å². The van der Waals surface area contributed by atoms with E-state index in [9.17, 15) is 5.11 Å². The van der Waals surface area contributed by atoms with E-state index in [4.69, 9.17) is 0 Å². The molecule has 1 fully saturated rings. The smallest absolute Gasteiger partial charge is 0.143 e. The number of hydrogen-bond donors (Lipinski definition) is 2. The topological polar surface area (TPSA) is 47.9 Å². The fraction of sp³-hybridized carbons (Fsp3) is 0.533. The molecule has 2 aliphatic heterocycles. The van der Waals surface area contributed by atoms with Crippen LogP contribution in [-0.4, -0.2) is 35.4 Å². The van der Waals surface area contributed by atoms with E-state index in [-0.39, 0.29) is 11.8 Å². The molecule has 0 spiro atoms. The first-order valence-corrected chi connectivity index (χ1v) is 8.91. The van der Waals surface area contributed by atoms with Crippen LogP contribution in [0.3, 0.4) is 0 Å². The number of fused-ring (bicyclic) bond motifs is 1. The van der Waals surface area contributed by atoms with E-state index in [1.165, 1.54) is 12.1 Å². The molecule has 0 amide bonds. The molecule has 0 aromatic heterocycles. The maximum absolute atomic E-state index is 9.87. The van der Waals surface area contributed by atoms with Crippen molar-refractivity contribution in [3.63, 3.8) is 0 Å². The summed E-state index contributed by atoms with van der Waals surface area (Å²) >= 11 is 6.83. The Morgan fingerprint density at radius 3 is 2.76 bits per heavy atom. The number of halogens is 2. The molecular weight excluding hydrogens is 398 g/mol. The van der Waals surface area contributed by atoms with Gasteiger partial charge in [0.1, 0.15) is 5.75 Å². The Bertz CT molecular complexity index is 553. The highest BCUT2D eigenvalue weighted by Gasteiger charge is 2.37. The molecule has 6 heteroatoms. The van der Waals surface area contributed by atoms with E-state index in [1.54, 1.807) is 0 Å². The minimum absolute atomic E-state index is 0.188. The molecule has 2 heterocycles. The first kappa shape index (κ1) is 15.3. The summed E-state index contributed by atoms with van der Waals surface area (Å²) < 4.78 is 1.42. The summed E-state index contributed by atoms with van der Waals surface area (Å²) in [6, 6.07) is 4.15. The number of rotatable bonds is 3.